The number of amides is 1. The van der Waals surface area contributed by atoms with Crippen LogP contribution in [0, 0.1) is 0 Å². The van der Waals surface area contributed by atoms with Crippen LogP contribution in [0.5, 0.6) is 0 Å². The van der Waals surface area contributed by atoms with Crippen LogP contribution in [0.1, 0.15) is 46.0 Å². The van der Waals surface area contributed by atoms with Crippen molar-refractivity contribution in [3.63, 3.8) is 0 Å². The van der Waals surface area contributed by atoms with E-state index in [0.29, 0.717) is 12.6 Å². The van der Waals surface area contributed by atoms with E-state index in [1.807, 2.05) is 4.90 Å². The van der Waals surface area contributed by atoms with Crippen molar-refractivity contribution in [2.45, 2.75) is 58.0 Å². The Morgan fingerprint density at radius 1 is 1.20 bits per heavy atom. The first-order valence-electron chi connectivity index (χ1n) is 7.81. The standard InChI is InChI=1S/C15H26N2O3/c1-3-20-15(19)8-7-14(18)17-11-13-6-4-5-9-16(13)10-12(17)2/h12-13H,3-11H2,1-2H3. The highest BCUT2D eigenvalue weighted by molar-refractivity contribution is 5.81. The van der Waals surface area contributed by atoms with E-state index in [9.17, 15) is 9.59 Å². The maximum absolute atomic E-state index is 12.3. The summed E-state index contributed by atoms with van der Waals surface area (Å²) in [6.07, 6.45) is 4.20. The summed E-state index contributed by atoms with van der Waals surface area (Å²) in [7, 11) is 0. The van der Waals surface area contributed by atoms with E-state index >= 15 is 0 Å². The molecule has 2 aliphatic rings. The summed E-state index contributed by atoms with van der Waals surface area (Å²) in [6, 6.07) is 0.769. The number of piperazine rings is 1. The van der Waals surface area contributed by atoms with Crippen molar-refractivity contribution < 1.29 is 14.3 Å². The first-order chi connectivity index (χ1) is 9.61. The van der Waals surface area contributed by atoms with E-state index in [4.69, 9.17) is 4.74 Å². The molecule has 2 saturated heterocycles. The van der Waals surface area contributed by atoms with Crippen LogP contribution in [0.4, 0.5) is 0 Å². The van der Waals surface area contributed by atoms with Crippen molar-refractivity contribution in [2.75, 3.05) is 26.2 Å². The molecule has 0 N–H and O–H groups in total. The lowest BCUT2D eigenvalue weighted by Crippen LogP contribution is -2.60. The molecule has 0 aromatic carbocycles. The Kier molecular flexibility index (Phi) is 5.40. The van der Waals surface area contributed by atoms with E-state index in [0.717, 1.165) is 13.1 Å². The van der Waals surface area contributed by atoms with Crippen molar-refractivity contribution in [3.8, 4) is 0 Å². The fourth-order valence-corrected chi connectivity index (χ4v) is 3.29. The molecule has 2 atom stereocenters. The van der Waals surface area contributed by atoms with Gasteiger partial charge < -0.3 is 9.64 Å². The molecule has 0 spiro atoms. The van der Waals surface area contributed by atoms with Gasteiger partial charge in [0.1, 0.15) is 0 Å². The van der Waals surface area contributed by atoms with Crippen LogP contribution in [-0.2, 0) is 14.3 Å². The van der Waals surface area contributed by atoms with Crippen molar-refractivity contribution in [2.24, 2.45) is 0 Å². The van der Waals surface area contributed by atoms with Gasteiger partial charge in [0.05, 0.1) is 13.0 Å². The summed E-state index contributed by atoms with van der Waals surface area (Å²) < 4.78 is 4.87. The van der Waals surface area contributed by atoms with Crippen molar-refractivity contribution in [1.82, 2.24) is 9.80 Å². The molecule has 114 valence electrons. The van der Waals surface area contributed by atoms with Crippen molar-refractivity contribution >= 4 is 11.9 Å². The summed E-state index contributed by atoms with van der Waals surface area (Å²) in [5.41, 5.74) is 0. The smallest absolute Gasteiger partial charge is 0.306 e. The first kappa shape index (κ1) is 15.3. The number of carbonyl (C=O) groups is 2. The second-order valence-electron chi connectivity index (χ2n) is 5.84. The Morgan fingerprint density at radius 3 is 2.75 bits per heavy atom. The zero-order chi connectivity index (χ0) is 14.5. The van der Waals surface area contributed by atoms with Gasteiger partial charge in [-0.15, -0.1) is 0 Å². The molecule has 0 aliphatic carbocycles. The second-order valence-corrected chi connectivity index (χ2v) is 5.84. The Balaban J connectivity index is 1.84. The molecule has 2 aliphatic heterocycles. The summed E-state index contributed by atoms with van der Waals surface area (Å²) in [6.45, 7) is 7.22. The number of hydrogen-bond donors (Lipinski definition) is 0. The van der Waals surface area contributed by atoms with Gasteiger partial charge in [0.2, 0.25) is 5.91 Å². The van der Waals surface area contributed by atoms with Crippen LogP contribution in [0.25, 0.3) is 0 Å². The Hall–Kier alpha value is -1.10. The number of nitrogens with zero attached hydrogens (tertiary/aromatic N) is 2. The Morgan fingerprint density at radius 2 is 2.00 bits per heavy atom. The minimum absolute atomic E-state index is 0.0933. The number of hydrogen-bond acceptors (Lipinski definition) is 4. The lowest BCUT2D eigenvalue weighted by atomic mass is 9.97. The van der Waals surface area contributed by atoms with Gasteiger partial charge >= 0.3 is 5.97 Å². The summed E-state index contributed by atoms with van der Waals surface area (Å²) in [4.78, 5) is 28.1. The average molecular weight is 282 g/mol. The molecule has 0 aromatic rings. The lowest BCUT2D eigenvalue weighted by molar-refractivity contribution is -0.147. The normalized spacial score (nSPS) is 27.0. The molecule has 0 aromatic heterocycles. The molecular weight excluding hydrogens is 256 g/mol. The van der Waals surface area contributed by atoms with Crippen LogP contribution in [0.2, 0.25) is 0 Å². The highest BCUT2D eigenvalue weighted by Crippen LogP contribution is 2.24. The van der Waals surface area contributed by atoms with E-state index in [-0.39, 0.29) is 30.8 Å². The van der Waals surface area contributed by atoms with Crippen molar-refractivity contribution in [3.05, 3.63) is 0 Å². The zero-order valence-corrected chi connectivity index (χ0v) is 12.6. The predicted molar refractivity (Wildman–Crippen MR) is 76.3 cm³/mol. The van der Waals surface area contributed by atoms with Gasteiger partial charge in [-0.2, -0.15) is 0 Å². The Labute approximate surface area is 121 Å². The largest absolute Gasteiger partial charge is 0.466 e. The highest BCUT2D eigenvalue weighted by atomic mass is 16.5. The number of fused-ring (bicyclic) bond motifs is 1. The van der Waals surface area contributed by atoms with Crippen LogP contribution in [-0.4, -0.2) is 60.0 Å². The van der Waals surface area contributed by atoms with Gasteiger partial charge in [0.15, 0.2) is 0 Å². The molecule has 0 saturated carbocycles. The fraction of sp³-hybridized carbons (Fsp3) is 0.867. The third-order valence-electron chi connectivity index (χ3n) is 4.36. The number of esters is 1. The lowest BCUT2D eigenvalue weighted by Gasteiger charge is -2.47. The van der Waals surface area contributed by atoms with E-state index < -0.39 is 0 Å². The molecule has 20 heavy (non-hydrogen) atoms. The van der Waals surface area contributed by atoms with Crippen LogP contribution < -0.4 is 0 Å². The molecular formula is C15H26N2O3. The monoisotopic (exact) mass is 282 g/mol. The van der Waals surface area contributed by atoms with Gasteiger partial charge in [0.25, 0.3) is 0 Å². The first-order valence-corrected chi connectivity index (χ1v) is 7.81. The molecule has 0 bridgehead atoms. The van der Waals surface area contributed by atoms with Gasteiger partial charge in [-0.1, -0.05) is 6.42 Å². The number of ether oxygens (including phenoxy) is 1. The molecule has 2 fully saturated rings. The molecule has 1 amide bonds. The molecule has 5 heteroatoms. The van der Waals surface area contributed by atoms with Crippen LogP contribution >= 0.6 is 0 Å². The number of rotatable bonds is 4. The minimum atomic E-state index is -0.273. The fourth-order valence-electron chi connectivity index (χ4n) is 3.29. The highest BCUT2D eigenvalue weighted by Gasteiger charge is 2.34. The summed E-state index contributed by atoms with van der Waals surface area (Å²) in [5.74, 6) is -0.180. The van der Waals surface area contributed by atoms with Crippen molar-refractivity contribution in [1.29, 1.82) is 0 Å². The van der Waals surface area contributed by atoms with Gasteiger partial charge in [-0.3, -0.25) is 14.5 Å². The average Bonchev–Trinajstić information content (AvgIpc) is 2.44. The molecule has 2 rings (SSSR count). The third-order valence-corrected chi connectivity index (χ3v) is 4.36. The minimum Gasteiger partial charge on any atom is -0.466 e. The maximum Gasteiger partial charge on any atom is 0.306 e. The second kappa shape index (κ2) is 7.07. The number of carbonyl (C=O) groups excluding carboxylic acids is 2. The third kappa shape index (κ3) is 3.72. The topological polar surface area (TPSA) is 49.9 Å². The SMILES string of the molecule is CCOC(=O)CCC(=O)N1CC2CCCCN2CC1C. The zero-order valence-electron chi connectivity index (χ0n) is 12.6. The maximum atomic E-state index is 12.3. The molecule has 2 unspecified atom stereocenters. The van der Waals surface area contributed by atoms with Gasteiger partial charge in [-0.25, -0.2) is 0 Å². The van der Waals surface area contributed by atoms with Gasteiger partial charge in [-0.05, 0) is 33.2 Å². The Bertz CT molecular complexity index is 359. The molecule has 5 nitrogen and oxygen atoms in total. The quantitative estimate of drug-likeness (QED) is 0.732. The van der Waals surface area contributed by atoms with Crippen LogP contribution in [0.3, 0.4) is 0 Å². The van der Waals surface area contributed by atoms with E-state index in [2.05, 4.69) is 11.8 Å². The van der Waals surface area contributed by atoms with Crippen LogP contribution in [0.15, 0.2) is 0 Å². The molecule has 2 heterocycles. The van der Waals surface area contributed by atoms with E-state index in [1.165, 1.54) is 25.8 Å². The van der Waals surface area contributed by atoms with Gasteiger partial charge in [0, 0.05) is 31.6 Å². The summed E-state index contributed by atoms with van der Waals surface area (Å²) >= 11 is 0. The van der Waals surface area contributed by atoms with E-state index in [1.54, 1.807) is 6.92 Å². The predicted octanol–water partition coefficient (Wildman–Crippen LogP) is 1.41. The summed E-state index contributed by atoms with van der Waals surface area (Å²) in [5, 5.41) is 0. The molecule has 0 radical (unpaired) electrons. The number of piperidine rings is 1.